The summed E-state index contributed by atoms with van der Waals surface area (Å²) >= 11 is 0. The van der Waals surface area contributed by atoms with E-state index in [4.69, 9.17) is 4.42 Å². The van der Waals surface area contributed by atoms with Gasteiger partial charge in [-0.25, -0.2) is 0 Å². The summed E-state index contributed by atoms with van der Waals surface area (Å²) in [4.78, 5) is 1.89. The minimum atomic E-state index is -0.149. The van der Waals surface area contributed by atoms with E-state index in [1.54, 1.807) is 0 Å². The van der Waals surface area contributed by atoms with Crippen LogP contribution in [0.2, 0.25) is 0 Å². The molecular formula is C58H38N2O. The topological polar surface area (TPSA) is 21.3 Å². The lowest BCUT2D eigenvalue weighted by Crippen LogP contribution is -2.10. The Morgan fingerprint density at radius 2 is 1.02 bits per heavy atom. The van der Waals surface area contributed by atoms with Crippen LogP contribution >= 0.6 is 0 Å². The van der Waals surface area contributed by atoms with Gasteiger partial charge in [0.25, 0.3) is 0 Å². The molecule has 0 aliphatic rings. The predicted octanol–water partition coefficient (Wildman–Crippen LogP) is 16.3. The molecule has 2 heterocycles. The molecule has 0 radical (unpaired) electrons. The van der Waals surface area contributed by atoms with Crippen molar-refractivity contribution in [1.29, 1.82) is 0 Å². The SMILES string of the molecule is [2H]c1c([2H])c(N(c2cccc(-c3ccc4c(c3)c3ccccc3n4-c3ccccc3)c2)c2cccc3oc4c5ccccc5ccc4c23)c([2H])c([2H])c1-c1ccc(-c2ccccc2)cc1. The molecule has 0 bridgehead atoms. The fourth-order valence-corrected chi connectivity index (χ4v) is 8.96. The molecule has 61 heavy (non-hydrogen) atoms. The first-order chi connectivity index (χ1) is 31.9. The van der Waals surface area contributed by atoms with Crippen molar-refractivity contribution in [1.82, 2.24) is 4.57 Å². The minimum Gasteiger partial charge on any atom is -0.455 e. The van der Waals surface area contributed by atoms with Gasteiger partial charge >= 0.3 is 0 Å². The maximum atomic E-state index is 9.77. The molecule has 0 N–H and O–H groups in total. The predicted molar refractivity (Wildman–Crippen MR) is 257 cm³/mol. The van der Waals surface area contributed by atoms with Crippen molar-refractivity contribution in [3.8, 4) is 39.1 Å². The molecule has 0 saturated carbocycles. The summed E-state index contributed by atoms with van der Waals surface area (Å²) in [5.41, 5.74) is 11.1. The summed E-state index contributed by atoms with van der Waals surface area (Å²) in [5, 5.41) is 6.01. The van der Waals surface area contributed by atoms with Gasteiger partial charge < -0.3 is 13.9 Å². The van der Waals surface area contributed by atoms with E-state index in [2.05, 4.69) is 108 Å². The number of hydrogen-bond donors (Lipinski definition) is 0. The van der Waals surface area contributed by atoms with E-state index < -0.39 is 0 Å². The van der Waals surface area contributed by atoms with Crippen molar-refractivity contribution >= 4 is 71.6 Å². The minimum absolute atomic E-state index is 0.120. The van der Waals surface area contributed by atoms with Crippen LogP contribution in [0.4, 0.5) is 17.1 Å². The lowest BCUT2D eigenvalue weighted by Gasteiger charge is -2.27. The third-order valence-electron chi connectivity index (χ3n) is 11.8. The van der Waals surface area contributed by atoms with Gasteiger partial charge in [0.1, 0.15) is 11.2 Å². The van der Waals surface area contributed by atoms with Gasteiger partial charge in [0.2, 0.25) is 0 Å². The Morgan fingerprint density at radius 1 is 0.393 bits per heavy atom. The van der Waals surface area contributed by atoms with Crippen molar-refractivity contribution in [2.24, 2.45) is 0 Å². The van der Waals surface area contributed by atoms with Crippen LogP contribution in [0.3, 0.4) is 0 Å². The van der Waals surface area contributed by atoms with E-state index in [1.807, 2.05) is 108 Å². The summed E-state index contributed by atoms with van der Waals surface area (Å²) in [5.74, 6) is 0. The van der Waals surface area contributed by atoms with Crippen LogP contribution in [0.5, 0.6) is 0 Å². The van der Waals surface area contributed by atoms with Crippen molar-refractivity contribution in [2.45, 2.75) is 0 Å². The first-order valence-corrected chi connectivity index (χ1v) is 20.5. The quantitative estimate of drug-likeness (QED) is 0.161. The van der Waals surface area contributed by atoms with Gasteiger partial charge in [-0.05, 0) is 112 Å². The number of aromatic nitrogens is 1. The van der Waals surface area contributed by atoms with Crippen molar-refractivity contribution in [2.75, 3.05) is 4.90 Å². The summed E-state index contributed by atoms with van der Waals surface area (Å²) in [7, 11) is 0. The molecule has 0 atom stereocenters. The molecule has 3 heteroatoms. The lowest BCUT2D eigenvalue weighted by molar-refractivity contribution is 0.672. The van der Waals surface area contributed by atoms with Crippen molar-refractivity contribution < 1.29 is 9.90 Å². The molecule has 12 aromatic rings. The monoisotopic (exact) mass is 782 g/mol. The second-order valence-electron chi connectivity index (χ2n) is 15.4. The van der Waals surface area contributed by atoms with Crippen LogP contribution in [-0.2, 0) is 0 Å². The van der Waals surface area contributed by atoms with E-state index in [1.165, 1.54) is 0 Å². The highest BCUT2D eigenvalue weighted by Gasteiger charge is 2.21. The first kappa shape index (κ1) is 30.9. The molecular weight excluding hydrogens is 741 g/mol. The molecule has 2 aromatic heterocycles. The molecule has 0 spiro atoms. The summed E-state index contributed by atoms with van der Waals surface area (Å²) in [6.45, 7) is 0. The van der Waals surface area contributed by atoms with E-state index in [0.29, 0.717) is 22.5 Å². The molecule has 0 saturated heterocycles. The summed E-state index contributed by atoms with van der Waals surface area (Å²) in [6, 6.07) is 68.9. The van der Waals surface area contributed by atoms with E-state index in [9.17, 15) is 5.48 Å². The number of rotatable bonds is 7. The molecule has 0 unspecified atom stereocenters. The molecule has 0 aliphatic carbocycles. The zero-order valence-corrected chi connectivity index (χ0v) is 32.9. The number of fused-ring (bicyclic) bond motifs is 8. The number of furan rings is 1. The Morgan fingerprint density at radius 3 is 1.84 bits per heavy atom. The largest absolute Gasteiger partial charge is 0.455 e. The average Bonchev–Trinajstić information content (AvgIpc) is 3.92. The highest BCUT2D eigenvalue weighted by Crippen LogP contribution is 2.45. The normalized spacial score (nSPS) is 12.5. The molecule has 0 aliphatic heterocycles. The fourth-order valence-electron chi connectivity index (χ4n) is 8.96. The lowest BCUT2D eigenvalue weighted by atomic mass is 9.99. The van der Waals surface area contributed by atoms with Gasteiger partial charge in [-0.3, -0.25) is 0 Å². The average molecular weight is 783 g/mol. The number of nitrogens with zero attached hydrogens (tertiary/aromatic N) is 2. The zero-order valence-electron chi connectivity index (χ0n) is 36.9. The van der Waals surface area contributed by atoms with Crippen LogP contribution in [0, 0.1) is 0 Å². The highest BCUT2D eigenvalue weighted by molar-refractivity contribution is 6.19. The first-order valence-electron chi connectivity index (χ1n) is 22.5. The van der Waals surface area contributed by atoms with Gasteiger partial charge in [0.15, 0.2) is 0 Å². The second kappa shape index (κ2) is 14.3. The molecule has 3 nitrogen and oxygen atoms in total. The van der Waals surface area contributed by atoms with Gasteiger partial charge in [-0.2, -0.15) is 0 Å². The van der Waals surface area contributed by atoms with Gasteiger partial charge in [-0.15, -0.1) is 0 Å². The van der Waals surface area contributed by atoms with Crippen LogP contribution in [0.1, 0.15) is 5.48 Å². The Labute approximate surface area is 359 Å². The second-order valence-corrected chi connectivity index (χ2v) is 15.4. The molecule has 0 fully saturated rings. The Kier molecular flexibility index (Phi) is 7.24. The summed E-state index contributed by atoms with van der Waals surface area (Å²) in [6.07, 6.45) is 0. The maximum absolute atomic E-state index is 9.77. The molecule has 10 aromatic carbocycles. The standard InChI is InChI=1S/C58H38N2O/c1-3-13-39(14-4-1)40-25-27-41(28-26-40)42-29-33-47(34-30-42)59(55-23-12-24-56-57(55)51-35-31-43-15-7-8-20-49(43)58(51)61-56)48-19-11-16-44(37-48)45-32-36-54-52(38-45)50-21-9-10-22-53(50)60(54)46-17-5-2-6-18-46/h1-38H/i29D,30D,33D,34D. The third kappa shape index (κ3) is 5.90. The van der Waals surface area contributed by atoms with Crippen LogP contribution in [0.25, 0.3) is 93.6 Å². The van der Waals surface area contributed by atoms with Crippen molar-refractivity contribution in [3.63, 3.8) is 0 Å². The Balaban J connectivity index is 1.07. The summed E-state index contributed by atoms with van der Waals surface area (Å²) < 4.78 is 47.6. The number of benzene rings is 10. The van der Waals surface area contributed by atoms with E-state index in [-0.39, 0.29) is 35.4 Å². The van der Waals surface area contributed by atoms with Gasteiger partial charge in [0.05, 0.1) is 27.6 Å². The van der Waals surface area contributed by atoms with Gasteiger partial charge in [-0.1, -0.05) is 158 Å². The molecule has 12 rings (SSSR count). The number of para-hydroxylation sites is 2. The fraction of sp³-hybridized carbons (Fsp3) is 0. The van der Waals surface area contributed by atoms with Crippen molar-refractivity contribution in [3.05, 3.63) is 230 Å². The van der Waals surface area contributed by atoms with Crippen LogP contribution in [-0.4, -0.2) is 4.57 Å². The van der Waals surface area contributed by atoms with Gasteiger partial charge in [0, 0.05) is 38.6 Å². The highest BCUT2D eigenvalue weighted by atomic mass is 16.3. The maximum Gasteiger partial charge on any atom is 0.143 e. The van der Waals surface area contributed by atoms with E-state index >= 15 is 0 Å². The molecule has 0 amide bonds. The van der Waals surface area contributed by atoms with E-state index in [0.717, 1.165) is 76.9 Å². The Hall–Kier alpha value is -8.14. The van der Waals surface area contributed by atoms with Crippen LogP contribution < -0.4 is 4.90 Å². The smallest absolute Gasteiger partial charge is 0.143 e. The third-order valence-corrected chi connectivity index (χ3v) is 11.8. The number of hydrogen-bond acceptors (Lipinski definition) is 2. The molecule has 286 valence electrons. The van der Waals surface area contributed by atoms with Crippen LogP contribution in [0.15, 0.2) is 235 Å². The Bertz CT molecular complexity index is 3790. The number of anilines is 3. The zero-order chi connectivity index (χ0) is 43.8.